The smallest absolute Gasteiger partial charge is 0.170 e. The molecule has 3 N–H and O–H groups in total. The van der Waals surface area contributed by atoms with Crippen LogP contribution in [-0.4, -0.2) is 17.6 Å². The Morgan fingerprint density at radius 3 is 2.76 bits per heavy atom. The molecule has 0 aliphatic rings. The van der Waals surface area contributed by atoms with Crippen LogP contribution in [0.15, 0.2) is 29.4 Å². The number of oxime groups is 1. The molecule has 0 saturated heterocycles. The molecule has 0 aliphatic carbocycles. The quantitative estimate of drug-likeness (QED) is 0.262. The molecule has 1 aromatic rings. The first-order chi connectivity index (χ1) is 8.15. The Bertz CT molecular complexity index is 375. The van der Waals surface area contributed by atoms with Crippen LogP contribution in [0.3, 0.4) is 0 Å². The number of amidine groups is 1. The predicted octanol–water partition coefficient (Wildman–Crippen LogP) is 2.34. The first-order valence-corrected chi connectivity index (χ1v) is 5.78. The highest BCUT2D eigenvalue weighted by Crippen LogP contribution is 2.10. The van der Waals surface area contributed by atoms with Gasteiger partial charge in [0.25, 0.3) is 0 Å². The molecule has 94 valence electrons. The SMILES string of the molecule is CC(C)CCOCc1ccccc1/C(N)=N/O. The summed E-state index contributed by atoms with van der Waals surface area (Å²) in [5.74, 6) is 0.752. The second kappa shape index (κ2) is 6.91. The van der Waals surface area contributed by atoms with E-state index < -0.39 is 0 Å². The maximum absolute atomic E-state index is 8.68. The third-order valence-corrected chi connectivity index (χ3v) is 2.50. The summed E-state index contributed by atoms with van der Waals surface area (Å²) in [6, 6.07) is 7.50. The summed E-state index contributed by atoms with van der Waals surface area (Å²) in [4.78, 5) is 0. The minimum absolute atomic E-state index is 0.119. The summed E-state index contributed by atoms with van der Waals surface area (Å²) in [7, 11) is 0. The Morgan fingerprint density at radius 1 is 1.41 bits per heavy atom. The standard InChI is InChI=1S/C13H20N2O2/c1-10(2)7-8-17-9-11-5-3-4-6-12(11)13(14)15-16/h3-6,10,16H,7-9H2,1-2H3,(H2,14,15). The van der Waals surface area contributed by atoms with E-state index in [-0.39, 0.29) is 5.84 Å². The van der Waals surface area contributed by atoms with E-state index in [2.05, 4.69) is 19.0 Å². The van der Waals surface area contributed by atoms with Gasteiger partial charge in [0.1, 0.15) is 0 Å². The molecule has 1 aromatic carbocycles. The molecule has 0 radical (unpaired) electrons. The van der Waals surface area contributed by atoms with Crippen LogP contribution in [-0.2, 0) is 11.3 Å². The molecule has 0 saturated carbocycles. The van der Waals surface area contributed by atoms with E-state index in [0.717, 1.165) is 24.2 Å². The number of rotatable bonds is 6. The van der Waals surface area contributed by atoms with Crippen LogP contribution in [0.2, 0.25) is 0 Å². The molecule has 0 aliphatic heterocycles. The molecule has 0 spiro atoms. The summed E-state index contributed by atoms with van der Waals surface area (Å²) in [5.41, 5.74) is 7.25. The molecule has 0 amide bonds. The fraction of sp³-hybridized carbons (Fsp3) is 0.462. The maximum Gasteiger partial charge on any atom is 0.170 e. The number of benzene rings is 1. The molecule has 0 unspecified atom stereocenters. The minimum atomic E-state index is 0.119. The Balaban J connectivity index is 2.58. The zero-order valence-corrected chi connectivity index (χ0v) is 10.4. The van der Waals surface area contributed by atoms with Crippen molar-refractivity contribution < 1.29 is 9.94 Å². The van der Waals surface area contributed by atoms with Crippen LogP contribution >= 0.6 is 0 Å². The van der Waals surface area contributed by atoms with E-state index in [1.54, 1.807) is 0 Å². The van der Waals surface area contributed by atoms with Crippen molar-refractivity contribution in [3.05, 3.63) is 35.4 Å². The lowest BCUT2D eigenvalue weighted by Crippen LogP contribution is -2.16. The van der Waals surface area contributed by atoms with Crippen molar-refractivity contribution in [2.75, 3.05) is 6.61 Å². The summed E-state index contributed by atoms with van der Waals surface area (Å²) in [5, 5.41) is 11.7. The van der Waals surface area contributed by atoms with Gasteiger partial charge in [0.2, 0.25) is 0 Å². The third kappa shape index (κ3) is 4.44. The fourth-order valence-corrected chi connectivity index (χ4v) is 1.45. The molecular weight excluding hydrogens is 216 g/mol. The molecule has 0 heterocycles. The topological polar surface area (TPSA) is 67.8 Å². The van der Waals surface area contributed by atoms with Crippen LogP contribution in [0, 0.1) is 5.92 Å². The summed E-state index contributed by atoms with van der Waals surface area (Å²) < 4.78 is 5.57. The minimum Gasteiger partial charge on any atom is -0.409 e. The molecule has 0 bridgehead atoms. The average molecular weight is 236 g/mol. The number of nitrogens with two attached hydrogens (primary N) is 1. The van der Waals surface area contributed by atoms with Crippen molar-refractivity contribution in [1.29, 1.82) is 0 Å². The van der Waals surface area contributed by atoms with Gasteiger partial charge >= 0.3 is 0 Å². The van der Waals surface area contributed by atoms with Gasteiger partial charge in [0.15, 0.2) is 5.84 Å². The summed E-state index contributed by atoms with van der Waals surface area (Å²) in [6.45, 7) is 5.53. The molecule has 17 heavy (non-hydrogen) atoms. The normalized spacial score (nSPS) is 12.1. The highest BCUT2D eigenvalue weighted by Gasteiger charge is 2.06. The van der Waals surface area contributed by atoms with Crippen molar-refractivity contribution >= 4 is 5.84 Å². The number of hydrogen-bond acceptors (Lipinski definition) is 3. The van der Waals surface area contributed by atoms with Crippen molar-refractivity contribution in [2.45, 2.75) is 26.9 Å². The van der Waals surface area contributed by atoms with Crippen LogP contribution in [0.5, 0.6) is 0 Å². The zero-order valence-electron chi connectivity index (χ0n) is 10.4. The lowest BCUT2D eigenvalue weighted by atomic mass is 10.1. The predicted molar refractivity (Wildman–Crippen MR) is 68.1 cm³/mol. The molecule has 0 atom stereocenters. The van der Waals surface area contributed by atoms with E-state index >= 15 is 0 Å². The van der Waals surface area contributed by atoms with E-state index in [4.69, 9.17) is 15.7 Å². The van der Waals surface area contributed by atoms with Crippen LogP contribution in [0.25, 0.3) is 0 Å². The second-order valence-electron chi connectivity index (χ2n) is 4.38. The van der Waals surface area contributed by atoms with Gasteiger partial charge in [-0.3, -0.25) is 0 Å². The van der Waals surface area contributed by atoms with Gasteiger partial charge in [0.05, 0.1) is 6.61 Å². The molecule has 4 heteroatoms. The number of ether oxygens (including phenoxy) is 1. The van der Waals surface area contributed by atoms with Gasteiger partial charge < -0.3 is 15.7 Å². The molecule has 0 fully saturated rings. The Kier molecular flexibility index (Phi) is 5.49. The summed E-state index contributed by atoms with van der Waals surface area (Å²) in [6.07, 6.45) is 1.03. The van der Waals surface area contributed by atoms with Crippen molar-refractivity contribution in [3.63, 3.8) is 0 Å². The maximum atomic E-state index is 8.68. The van der Waals surface area contributed by atoms with E-state index in [1.807, 2.05) is 24.3 Å². The van der Waals surface area contributed by atoms with Crippen LogP contribution in [0.4, 0.5) is 0 Å². The van der Waals surface area contributed by atoms with Crippen molar-refractivity contribution in [2.24, 2.45) is 16.8 Å². The van der Waals surface area contributed by atoms with Gasteiger partial charge in [-0.15, -0.1) is 0 Å². The second-order valence-corrected chi connectivity index (χ2v) is 4.38. The van der Waals surface area contributed by atoms with Crippen molar-refractivity contribution in [3.8, 4) is 0 Å². The number of nitrogens with zero attached hydrogens (tertiary/aromatic N) is 1. The Labute approximate surface area is 102 Å². The number of hydrogen-bond donors (Lipinski definition) is 2. The van der Waals surface area contributed by atoms with Gasteiger partial charge in [-0.1, -0.05) is 43.3 Å². The first-order valence-electron chi connectivity index (χ1n) is 5.78. The van der Waals surface area contributed by atoms with Gasteiger partial charge in [-0.25, -0.2) is 0 Å². The lowest BCUT2D eigenvalue weighted by Gasteiger charge is -2.09. The molecule has 4 nitrogen and oxygen atoms in total. The van der Waals surface area contributed by atoms with Crippen molar-refractivity contribution in [1.82, 2.24) is 0 Å². The first kappa shape index (κ1) is 13.5. The molecule has 1 rings (SSSR count). The average Bonchev–Trinajstić information content (AvgIpc) is 2.34. The lowest BCUT2D eigenvalue weighted by molar-refractivity contribution is 0.110. The molecule has 0 aromatic heterocycles. The largest absolute Gasteiger partial charge is 0.409 e. The van der Waals surface area contributed by atoms with E-state index in [9.17, 15) is 0 Å². The van der Waals surface area contributed by atoms with Crippen LogP contribution in [0.1, 0.15) is 31.4 Å². The van der Waals surface area contributed by atoms with E-state index in [1.165, 1.54) is 0 Å². The van der Waals surface area contributed by atoms with Gasteiger partial charge in [-0.2, -0.15) is 0 Å². The van der Waals surface area contributed by atoms with Gasteiger partial charge in [-0.05, 0) is 17.9 Å². The van der Waals surface area contributed by atoms with E-state index in [0.29, 0.717) is 12.5 Å². The monoisotopic (exact) mass is 236 g/mol. The highest BCUT2D eigenvalue weighted by atomic mass is 16.5. The van der Waals surface area contributed by atoms with Gasteiger partial charge in [0, 0.05) is 12.2 Å². The fourth-order valence-electron chi connectivity index (χ4n) is 1.45. The summed E-state index contributed by atoms with van der Waals surface area (Å²) >= 11 is 0. The Hall–Kier alpha value is -1.55. The highest BCUT2D eigenvalue weighted by molar-refractivity contribution is 5.98. The Morgan fingerprint density at radius 2 is 2.12 bits per heavy atom. The molecular formula is C13H20N2O2. The zero-order chi connectivity index (χ0) is 12.7. The van der Waals surface area contributed by atoms with Crippen LogP contribution < -0.4 is 5.73 Å². The third-order valence-electron chi connectivity index (χ3n) is 2.50.